The van der Waals surface area contributed by atoms with Crippen LogP contribution < -0.4 is 20.1 Å². The molecule has 0 aliphatic carbocycles. The summed E-state index contributed by atoms with van der Waals surface area (Å²) in [4.78, 5) is 2.69. The Balaban J connectivity index is 1.34. The van der Waals surface area contributed by atoms with Crippen molar-refractivity contribution in [1.29, 1.82) is 0 Å². The van der Waals surface area contributed by atoms with E-state index in [1.54, 1.807) is 0 Å². The number of nitrogens with zero attached hydrogens (tertiary/aromatic N) is 1. The molecule has 5 heteroatoms. The lowest BCUT2D eigenvalue weighted by atomic mass is 9.84. The molecular weight excluding hydrogens is 422 g/mol. The molecule has 5 rings (SSSR count). The maximum atomic E-state index is 6.31. The first-order chi connectivity index (χ1) is 16.8. The van der Waals surface area contributed by atoms with Gasteiger partial charge in [0.15, 0.2) is 11.5 Å². The van der Waals surface area contributed by atoms with E-state index < -0.39 is 0 Å². The average molecular weight is 458 g/mol. The van der Waals surface area contributed by atoms with Gasteiger partial charge in [0.05, 0.1) is 0 Å². The Bertz CT molecular complexity index is 1030. The van der Waals surface area contributed by atoms with Gasteiger partial charge in [-0.05, 0) is 54.8 Å². The smallest absolute Gasteiger partial charge is 0.162 e. The van der Waals surface area contributed by atoms with Crippen molar-refractivity contribution in [3.8, 4) is 11.5 Å². The molecule has 0 bridgehead atoms. The molecule has 0 radical (unpaired) electrons. The van der Waals surface area contributed by atoms with Gasteiger partial charge < -0.3 is 20.1 Å². The summed E-state index contributed by atoms with van der Waals surface area (Å²) in [5.74, 6) is 1.60. The van der Waals surface area contributed by atoms with Crippen molar-refractivity contribution >= 4 is 0 Å². The second-order valence-corrected chi connectivity index (χ2v) is 9.40. The number of hydrogen-bond acceptors (Lipinski definition) is 5. The average Bonchev–Trinajstić information content (AvgIpc) is 2.90. The summed E-state index contributed by atoms with van der Waals surface area (Å²) in [7, 11) is 0. The third kappa shape index (κ3) is 5.61. The van der Waals surface area contributed by atoms with Crippen LogP contribution in [0.3, 0.4) is 0 Å². The molecule has 0 unspecified atom stereocenters. The third-order valence-corrected chi connectivity index (χ3v) is 7.07. The third-order valence-electron chi connectivity index (χ3n) is 7.07. The summed E-state index contributed by atoms with van der Waals surface area (Å²) in [6.45, 7) is 7.36. The van der Waals surface area contributed by atoms with E-state index in [4.69, 9.17) is 9.47 Å². The van der Waals surface area contributed by atoms with Crippen molar-refractivity contribution in [2.75, 3.05) is 32.7 Å². The summed E-state index contributed by atoms with van der Waals surface area (Å²) in [6, 6.07) is 27.0. The first-order valence-corrected chi connectivity index (χ1v) is 12.4. The van der Waals surface area contributed by atoms with Gasteiger partial charge >= 0.3 is 0 Å². The Hall–Kier alpha value is -2.86. The van der Waals surface area contributed by atoms with Gasteiger partial charge in [-0.1, -0.05) is 66.7 Å². The van der Waals surface area contributed by atoms with Crippen LogP contribution in [0.5, 0.6) is 11.5 Å². The number of benzene rings is 3. The van der Waals surface area contributed by atoms with E-state index >= 15 is 0 Å². The molecule has 2 saturated heterocycles. The van der Waals surface area contributed by atoms with E-state index in [-0.39, 0.29) is 5.54 Å². The Kier molecular flexibility index (Phi) is 7.44. The first kappa shape index (κ1) is 22.9. The van der Waals surface area contributed by atoms with Crippen molar-refractivity contribution in [3.05, 3.63) is 95.6 Å². The number of rotatable bonds is 8. The maximum Gasteiger partial charge on any atom is 0.162 e. The Labute approximate surface area is 203 Å². The predicted octanol–water partition coefficient (Wildman–Crippen LogP) is 4.37. The molecule has 2 heterocycles. The Morgan fingerprint density at radius 1 is 0.676 bits per heavy atom. The summed E-state index contributed by atoms with van der Waals surface area (Å²) >= 11 is 0. The van der Waals surface area contributed by atoms with Crippen molar-refractivity contribution in [3.63, 3.8) is 0 Å². The number of nitrogens with one attached hydrogen (secondary N) is 2. The highest BCUT2D eigenvalue weighted by atomic mass is 16.5. The van der Waals surface area contributed by atoms with Crippen LogP contribution in [0.15, 0.2) is 78.9 Å². The molecule has 2 aliphatic heterocycles. The lowest BCUT2D eigenvalue weighted by Crippen LogP contribution is -2.64. The monoisotopic (exact) mass is 457 g/mol. The topological polar surface area (TPSA) is 45.8 Å². The lowest BCUT2D eigenvalue weighted by molar-refractivity contribution is 0.0262. The number of ether oxygens (including phenoxy) is 2. The fourth-order valence-electron chi connectivity index (χ4n) is 5.09. The van der Waals surface area contributed by atoms with Gasteiger partial charge in [0.25, 0.3) is 0 Å². The number of piperidine rings is 1. The largest absolute Gasteiger partial charge is 0.485 e. The highest BCUT2D eigenvalue weighted by Crippen LogP contribution is 2.33. The number of hydrogen-bond donors (Lipinski definition) is 2. The minimum atomic E-state index is 0.247. The van der Waals surface area contributed by atoms with Crippen LogP contribution in [-0.4, -0.2) is 43.2 Å². The fraction of sp³-hybridized carbons (Fsp3) is 0.379. The molecule has 34 heavy (non-hydrogen) atoms. The second kappa shape index (κ2) is 11.0. The van der Waals surface area contributed by atoms with E-state index in [0.717, 1.165) is 61.9 Å². The van der Waals surface area contributed by atoms with Gasteiger partial charge in [0.1, 0.15) is 13.2 Å². The van der Waals surface area contributed by atoms with Crippen LogP contribution in [0, 0.1) is 0 Å². The second-order valence-electron chi connectivity index (χ2n) is 9.40. The number of piperazine rings is 1. The molecule has 0 atom stereocenters. The molecule has 2 N–H and O–H groups in total. The van der Waals surface area contributed by atoms with Crippen molar-refractivity contribution < 1.29 is 9.47 Å². The molecule has 2 aliphatic rings. The van der Waals surface area contributed by atoms with Gasteiger partial charge in [-0.2, -0.15) is 0 Å². The normalized spacial score (nSPS) is 18.0. The van der Waals surface area contributed by atoms with Crippen LogP contribution >= 0.6 is 0 Å². The van der Waals surface area contributed by atoms with Crippen LogP contribution in [-0.2, 0) is 19.8 Å². The summed E-state index contributed by atoms with van der Waals surface area (Å²) in [5, 5.41) is 7.16. The van der Waals surface area contributed by atoms with Crippen molar-refractivity contribution in [1.82, 2.24) is 15.5 Å². The zero-order chi connectivity index (χ0) is 23.1. The molecule has 3 aromatic carbocycles. The van der Waals surface area contributed by atoms with E-state index in [9.17, 15) is 0 Å². The molecule has 0 aromatic heterocycles. The van der Waals surface area contributed by atoms with Gasteiger partial charge in [-0.15, -0.1) is 0 Å². The summed E-state index contributed by atoms with van der Waals surface area (Å²) < 4.78 is 12.5. The van der Waals surface area contributed by atoms with E-state index in [0.29, 0.717) is 13.2 Å². The van der Waals surface area contributed by atoms with E-state index in [2.05, 4.69) is 58.0 Å². The van der Waals surface area contributed by atoms with Crippen LogP contribution in [0.2, 0.25) is 0 Å². The van der Waals surface area contributed by atoms with Gasteiger partial charge in [-0.3, -0.25) is 4.90 Å². The van der Waals surface area contributed by atoms with Crippen molar-refractivity contribution in [2.24, 2.45) is 0 Å². The minimum Gasteiger partial charge on any atom is -0.485 e. The molecule has 2 fully saturated rings. The zero-order valence-electron chi connectivity index (χ0n) is 19.8. The predicted molar refractivity (Wildman–Crippen MR) is 136 cm³/mol. The molecule has 178 valence electrons. The van der Waals surface area contributed by atoms with E-state index in [1.165, 1.54) is 18.4 Å². The highest BCUT2D eigenvalue weighted by molar-refractivity contribution is 5.43. The summed E-state index contributed by atoms with van der Waals surface area (Å²) in [5.41, 5.74) is 3.82. The molecule has 3 aromatic rings. The molecule has 0 amide bonds. The van der Waals surface area contributed by atoms with Crippen LogP contribution in [0.4, 0.5) is 0 Å². The quantitative estimate of drug-likeness (QED) is 0.526. The fourth-order valence-corrected chi connectivity index (χ4v) is 5.09. The van der Waals surface area contributed by atoms with E-state index in [1.807, 2.05) is 36.4 Å². The standard InChI is InChI=1S/C29H35N3O2/c1-3-7-24(8-4-1)21-33-27-12-11-26(19-28(27)34-22-25-9-5-2-6-10-25)20-32-18-17-31-23-29(32)13-15-30-16-14-29/h1-12,19,30-31H,13-18,20-23H2. The first-order valence-electron chi connectivity index (χ1n) is 12.4. The van der Waals surface area contributed by atoms with Gasteiger partial charge in [0.2, 0.25) is 0 Å². The van der Waals surface area contributed by atoms with Gasteiger partial charge in [0, 0.05) is 31.7 Å². The molecule has 5 nitrogen and oxygen atoms in total. The van der Waals surface area contributed by atoms with Crippen molar-refractivity contribution in [2.45, 2.75) is 38.1 Å². The Morgan fingerprint density at radius 3 is 2.00 bits per heavy atom. The molecule has 0 saturated carbocycles. The lowest BCUT2D eigenvalue weighted by Gasteiger charge is -2.50. The Morgan fingerprint density at radius 2 is 1.32 bits per heavy atom. The SMILES string of the molecule is c1ccc(COc2ccc(CN3CCNCC34CCNCC4)cc2OCc2ccccc2)cc1. The highest BCUT2D eigenvalue weighted by Gasteiger charge is 2.39. The van der Waals surface area contributed by atoms with Crippen LogP contribution in [0.25, 0.3) is 0 Å². The molecule has 1 spiro atoms. The minimum absolute atomic E-state index is 0.247. The zero-order valence-corrected chi connectivity index (χ0v) is 19.8. The molecular formula is C29H35N3O2. The van der Waals surface area contributed by atoms with Gasteiger partial charge in [-0.25, -0.2) is 0 Å². The maximum absolute atomic E-state index is 6.31. The van der Waals surface area contributed by atoms with Crippen LogP contribution in [0.1, 0.15) is 29.5 Å². The summed E-state index contributed by atoms with van der Waals surface area (Å²) in [6.07, 6.45) is 2.38.